The largest absolute Gasteiger partial charge is 0.454 e. The molecule has 0 amide bonds. The van der Waals surface area contributed by atoms with E-state index in [4.69, 9.17) is 15.2 Å². The summed E-state index contributed by atoms with van der Waals surface area (Å²) in [4.78, 5) is 11.4. The van der Waals surface area contributed by atoms with E-state index in [1.54, 1.807) is 6.20 Å². The van der Waals surface area contributed by atoms with Gasteiger partial charge < -0.3 is 20.2 Å². The molecule has 0 aliphatic carbocycles. The minimum atomic E-state index is 0.256. The molecule has 0 saturated heterocycles. The second-order valence-electron chi connectivity index (χ2n) is 4.65. The topological polar surface area (TPSA) is 86.0 Å². The highest BCUT2D eigenvalue weighted by molar-refractivity contribution is 5.69. The molecule has 1 aliphatic heterocycles. The van der Waals surface area contributed by atoms with E-state index in [1.165, 1.54) is 0 Å². The van der Waals surface area contributed by atoms with E-state index in [0.29, 0.717) is 0 Å². The number of anilines is 1. The lowest BCUT2D eigenvalue weighted by atomic mass is 10.1. The molecule has 3 aromatic rings. The number of H-pyrrole nitrogens is 1. The van der Waals surface area contributed by atoms with Crippen LogP contribution in [0.15, 0.2) is 42.6 Å². The van der Waals surface area contributed by atoms with E-state index in [-0.39, 0.29) is 12.7 Å². The van der Waals surface area contributed by atoms with Gasteiger partial charge in [0, 0.05) is 17.5 Å². The van der Waals surface area contributed by atoms with Gasteiger partial charge >= 0.3 is 0 Å². The summed E-state index contributed by atoms with van der Waals surface area (Å²) in [5, 5.41) is 0. The van der Waals surface area contributed by atoms with Crippen LogP contribution in [-0.4, -0.2) is 21.7 Å². The fourth-order valence-corrected chi connectivity index (χ4v) is 2.30. The van der Waals surface area contributed by atoms with Crippen molar-refractivity contribution in [2.45, 2.75) is 0 Å². The predicted molar refractivity (Wildman–Crippen MR) is 77.8 cm³/mol. The van der Waals surface area contributed by atoms with Gasteiger partial charge in [0.15, 0.2) is 11.5 Å². The second kappa shape index (κ2) is 4.52. The fraction of sp³-hybridized carbons (Fsp3) is 0.0667. The molecule has 2 aromatic heterocycles. The molecule has 1 aliphatic rings. The maximum atomic E-state index is 5.61. The molecule has 4 rings (SSSR count). The molecular weight excluding hydrogens is 268 g/mol. The van der Waals surface area contributed by atoms with Crippen LogP contribution in [0.5, 0.6) is 11.5 Å². The Kier molecular flexibility index (Phi) is 2.53. The molecule has 6 nitrogen and oxygen atoms in total. The molecule has 0 saturated carbocycles. The molecule has 0 spiro atoms. The van der Waals surface area contributed by atoms with Crippen molar-refractivity contribution in [1.82, 2.24) is 15.0 Å². The molecule has 104 valence electrons. The number of ether oxygens (including phenoxy) is 2. The summed E-state index contributed by atoms with van der Waals surface area (Å²) in [6, 6.07) is 11.6. The zero-order valence-corrected chi connectivity index (χ0v) is 11.0. The Balaban J connectivity index is 1.71. The van der Waals surface area contributed by atoms with Crippen molar-refractivity contribution < 1.29 is 9.47 Å². The lowest BCUT2D eigenvalue weighted by molar-refractivity contribution is 0.174. The number of aromatic nitrogens is 3. The van der Waals surface area contributed by atoms with Crippen molar-refractivity contribution in [2.75, 3.05) is 12.5 Å². The van der Waals surface area contributed by atoms with Crippen LogP contribution in [0, 0.1) is 0 Å². The first kappa shape index (κ1) is 11.8. The number of nitrogens with zero attached hydrogens (tertiary/aromatic N) is 2. The van der Waals surface area contributed by atoms with Crippen molar-refractivity contribution >= 4 is 5.95 Å². The van der Waals surface area contributed by atoms with Crippen LogP contribution in [0.1, 0.15) is 0 Å². The molecule has 1 aromatic carbocycles. The lowest BCUT2D eigenvalue weighted by Gasteiger charge is -2.01. The molecule has 3 heterocycles. The van der Waals surface area contributed by atoms with Crippen molar-refractivity contribution in [3.05, 3.63) is 42.6 Å². The summed E-state index contributed by atoms with van der Waals surface area (Å²) in [6.45, 7) is 0.273. The number of benzene rings is 1. The molecule has 0 unspecified atom stereocenters. The highest BCUT2D eigenvalue weighted by Gasteiger charge is 2.14. The van der Waals surface area contributed by atoms with Crippen LogP contribution in [0.3, 0.4) is 0 Å². The number of nitrogen functional groups attached to an aromatic ring is 1. The quantitative estimate of drug-likeness (QED) is 0.753. The molecule has 6 heteroatoms. The predicted octanol–water partition coefficient (Wildman–Crippen LogP) is 2.45. The normalized spacial score (nSPS) is 12.6. The van der Waals surface area contributed by atoms with Gasteiger partial charge in [0.2, 0.25) is 12.7 Å². The minimum absolute atomic E-state index is 0.256. The van der Waals surface area contributed by atoms with Gasteiger partial charge in [0.05, 0.1) is 11.4 Å². The average molecular weight is 280 g/mol. The highest BCUT2D eigenvalue weighted by Crippen LogP contribution is 2.36. The van der Waals surface area contributed by atoms with Crippen molar-refractivity contribution in [2.24, 2.45) is 0 Å². The van der Waals surface area contributed by atoms with Gasteiger partial charge in [-0.1, -0.05) is 0 Å². The maximum Gasteiger partial charge on any atom is 0.231 e. The highest BCUT2D eigenvalue weighted by atomic mass is 16.7. The molecule has 0 fully saturated rings. The number of nitrogens with two attached hydrogens (primary N) is 1. The Bertz CT molecular complexity index is 813. The van der Waals surface area contributed by atoms with E-state index in [1.807, 2.05) is 36.4 Å². The van der Waals surface area contributed by atoms with Crippen LogP contribution < -0.4 is 15.2 Å². The van der Waals surface area contributed by atoms with Gasteiger partial charge in [0.25, 0.3) is 0 Å². The summed E-state index contributed by atoms with van der Waals surface area (Å²) in [5.74, 6) is 1.79. The lowest BCUT2D eigenvalue weighted by Crippen LogP contribution is -1.95. The maximum absolute atomic E-state index is 5.61. The third-order valence-corrected chi connectivity index (χ3v) is 3.32. The standard InChI is InChI=1S/C15H12N4O2/c16-15-17-6-5-12(19-15)11-3-2-10(18-11)9-1-4-13-14(7-9)21-8-20-13/h1-7,18H,8H2,(H2,16,17,19). The molecule has 0 radical (unpaired) electrons. The summed E-state index contributed by atoms with van der Waals surface area (Å²) in [6.07, 6.45) is 1.64. The van der Waals surface area contributed by atoms with E-state index in [2.05, 4.69) is 15.0 Å². The molecule has 0 atom stereocenters. The Morgan fingerprint density at radius 3 is 2.76 bits per heavy atom. The number of rotatable bonds is 2. The second-order valence-corrected chi connectivity index (χ2v) is 4.65. The van der Waals surface area contributed by atoms with Crippen LogP contribution in [0.25, 0.3) is 22.6 Å². The van der Waals surface area contributed by atoms with Gasteiger partial charge in [-0.05, 0) is 36.4 Å². The van der Waals surface area contributed by atoms with Gasteiger partial charge in [0.1, 0.15) is 0 Å². The van der Waals surface area contributed by atoms with Gasteiger partial charge in [-0.25, -0.2) is 9.97 Å². The number of nitrogens with one attached hydrogen (secondary N) is 1. The Morgan fingerprint density at radius 1 is 1.00 bits per heavy atom. The summed E-state index contributed by atoms with van der Waals surface area (Å²) in [5.41, 5.74) is 9.25. The average Bonchev–Trinajstić information content (AvgIpc) is 3.15. The Labute approximate surface area is 120 Å². The van der Waals surface area contributed by atoms with Crippen molar-refractivity contribution in [3.63, 3.8) is 0 Å². The van der Waals surface area contributed by atoms with Crippen LogP contribution in [0.4, 0.5) is 5.95 Å². The number of fused-ring (bicyclic) bond motifs is 1. The van der Waals surface area contributed by atoms with E-state index >= 15 is 0 Å². The van der Waals surface area contributed by atoms with E-state index in [0.717, 1.165) is 34.1 Å². The monoisotopic (exact) mass is 280 g/mol. The fourth-order valence-electron chi connectivity index (χ4n) is 2.30. The molecule has 21 heavy (non-hydrogen) atoms. The summed E-state index contributed by atoms with van der Waals surface area (Å²) < 4.78 is 10.7. The zero-order valence-electron chi connectivity index (χ0n) is 11.0. The van der Waals surface area contributed by atoms with Gasteiger partial charge in [-0.2, -0.15) is 0 Å². The summed E-state index contributed by atoms with van der Waals surface area (Å²) in [7, 11) is 0. The third kappa shape index (κ3) is 2.06. The third-order valence-electron chi connectivity index (χ3n) is 3.32. The van der Waals surface area contributed by atoms with Crippen LogP contribution in [-0.2, 0) is 0 Å². The van der Waals surface area contributed by atoms with E-state index in [9.17, 15) is 0 Å². The van der Waals surface area contributed by atoms with Crippen molar-refractivity contribution in [3.8, 4) is 34.1 Å². The van der Waals surface area contributed by atoms with E-state index < -0.39 is 0 Å². The van der Waals surface area contributed by atoms with Crippen LogP contribution in [0.2, 0.25) is 0 Å². The first-order valence-corrected chi connectivity index (χ1v) is 6.47. The van der Waals surface area contributed by atoms with Crippen molar-refractivity contribution in [1.29, 1.82) is 0 Å². The first-order chi connectivity index (χ1) is 10.3. The molecular formula is C15H12N4O2. The van der Waals surface area contributed by atoms with Gasteiger partial charge in [-0.3, -0.25) is 0 Å². The molecule has 0 bridgehead atoms. The number of hydrogen-bond donors (Lipinski definition) is 2. The minimum Gasteiger partial charge on any atom is -0.454 e. The summed E-state index contributed by atoms with van der Waals surface area (Å²) >= 11 is 0. The van der Waals surface area contributed by atoms with Gasteiger partial charge in [-0.15, -0.1) is 0 Å². The SMILES string of the molecule is Nc1nccc(-c2ccc(-c3ccc4c(c3)OCO4)[nH]2)n1. The van der Waals surface area contributed by atoms with Crippen LogP contribution >= 0.6 is 0 Å². The number of aromatic amines is 1. The first-order valence-electron chi connectivity index (χ1n) is 6.47. The zero-order chi connectivity index (χ0) is 14.2. The molecule has 3 N–H and O–H groups in total. The Morgan fingerprint density at radius 2 is 1.86 bits per heavy atom. The smallest absolute Gasteiger partial charge is 0.231 e. The number of hydrogen-bond acceptors (Lipinski definition) is 5. The Hall–Kier alpha value is -3.02.